The van der Waals surface area contributed by atoms with Gasteiger partial charge >= 0.3 is 5.97 Å². The van der Waals surface area contributed by atoms with Crippen molar-refractivity contribution >= 4 is 29.1 Å². The van der Waals surface area contributed by atoms with Crippen molar-refractivity contribution in [2.45, 2.75) is 25.0 Å². The Labute approximate surface area is 118 Å². The van der Waals surface area contributed by atoms with E-state index in [4.69, 9.17) is 10.5 Å². The monoisotopic (exact) mass is 280 g/mol. The Balaban J connectivity index is 2.01. The number of nitrogens with two attached hydrogens (primary N) is 1. The van der Waals surface area contributed by atoms with Crippen LogP contribution in [-0.4, -0.2) is 30.1 Å². The van der Waals surface area contributed by atoms with Gasteiger partial charge in [0.05, 0.1) is 23.5 Å². The lowest BCUT2D eigenvalue weighted by Crippen LogP contribution is -2.15. The van der Waals surface area contributed by atoms with Crippen molar-refractivity contribution in [1.82, 2.24) is 0 Å². The van der Waals surface area contributed by atoms with E-state index in [-0.39, 0.29) is 5.97 Å². The summed E-state index contributed by atoms with van der Waals surface area (Å²) in [5.74, 6) is 0.936. The molecule has 0 saturated carbocycles. The molecular weight excluding hydrogens is 260 g/mol. The molecule has 1 heterocycles. The number of anilines is 2. The van der Waals surface area contributed by atoms with Gasteiger partial charge in [0.15, 0.2) is 0 Å². The van der Waals surface area contributed by atoms with Gasteiger partial charge in [-0.25, -0.2) is 4.79 Å². The first-order chi connectivity index (χ1) is 9.20. The zero-order valence-corrected chi connectivity index (χ0v) is 12.0. The molecule has 4 nitrogen and oxygen atoms in total. The summed E-state index contributed by atoms with van der Waals surface area (Å²) in [6, 6.07) is 5.21. The molecule has 0 spiro atoms. The predicted molar refractivity (Wildman–Crippen MR) is 80.8 cm³/mol. The Morgan fingerprint density at radius 3 is 3.11 bits per heavy atom. The molecule has 1 fully saturated rings. The van der Waals surface area contributed by atoms with E-state index in [2.05, 4.69) is 5.32 Å². The number of thioether (sulfide) groups is 1. The number of carbonyl (C=O) groups is 1. The third kappa shape index (κ3) is 3.80. The second kappa shape index (κ2) is 6.70. The van der Waals surface area contributed by atoms with Gasteiger partial charge in [0.1, 0.15) is 0 Å². The van der Waals surface area contributed by atoms with Crippen LogP contribution in [0.4, 0.5) is 11.4 Å². The van der Waals surface area contributed by atoms with Crippen molar-refractivity contribution in [2.24, 2.45) is 0 Å². The Kier molecular flexibility index (Phi) is 4.96. The highest BCUT2D eigenvalue weighted by Gasteiger charge is 2.16. The summed E-state index contributed by atoms with van der Waals surface area (Å²) in [5, 5.41) is 3.98. The van der Waals surface area contributed by atoms with E-state index < -0.39 is 0 Å². The summed E-state index contributed by atoms with van der Waals surface area (Å²) in [6.07, 6.45) is 2.53. The van der Waals surface area contributed by atoms with Crippen molar-refractivity contribution < 1.29 is 9.53 Å². The molecule has 1 atom stereocenters. The fourth-order valence-electron chi connectivity index (χ4n) is 2.08. The van der Waals surface area contributed by atoms with Crippen LogP contribution in [0.15, 0.2) is 18.2 Å². The molecule has 1 aromatic rings. The summed E-state index contributed by atoms with van der Waals surface area (Å²) in [4.78, 5) is 11.7. The molecular formula is C14H20N2O2S. The SMILES string of the molecule is CCOC(=O)c1ccc(N)c(NCC2CCCS2)c1. The molecule has 1 aromatic carbocycles. The maximum atomic E-state index is 11.7. The van der Waals surface area contributed by atoms with E-state index >= 15 is 0 Å². The molecule has 104 valence electrons. The standard InChI is InChI=1S/C14H20N2O2S/c1-2-18-14(17)10-5-6-12(15)13(8-10)16-9-11-4-3-7-19-11/h5-6,8,11,16H,2-4,7,9,15H2,1H3. The van der Waals surface area contributed by atoms with Crippen molar-refractivity contribution in [3.05, 3.63) is 23.8 Å². The molecule has 0 radical (unpaired) electrons. The Bertz CT molecular complexity index is 445. The molecule has 2 rings (SSSR count). The van der Waals surface area contributed by atoms with Crippen LogP contribution in [0.5, 0.6) is 0 Å². The zero-order chi connectivity index (χ0) is 13.7. The normalized spacial score (nSPS) is 18.3. The van der Waals surface area contributed by atoms with Gasteiger partial charge in [-0.2, -0.15) is 11.8 Å². The minimum Gasteiger partial charge on any atom is -0.462 e. The first-order valence-corrected chi connectivity index (χ1v) is 7.67. The lowest BCUT2D eigenvalue weighted by molar-refractivity contribution is 0.0526. The van der Waals surface area contributed by atoms with Crippen LogP contribution >= 0.6 is 11.8 Å². The first-order valence-electron chi connectivity index (χ1n) is 6.63. The second-order valence-corrected chi connectivity index (χ2v) is 5.95. The van der Waals surface area contributed by atoms with E-state index in [0.717, 1.165) is 12.2 Å². The fraction of sp³-hybridized carbons (Fsp3) is 0.500. The smallest absolute Gasteiger partial charge is 0.338 e. The summed E-state index contributed by atoms with van der Waals surface area (Å²) >= 11 is 1.99. The summed E-state index contributed by atoms with van der Waals surface area (Å²) in [7, 11) is 0. The highest BCUT2D eigenvalue weighted by Crippen LogP contribution is 2.27. The molecule has 1 saturated heterocycles. The van der Waals surface area contributed by atoms with Crippen LogP contribution in [0, 0.1) is 0 Å². The Hall–Kier alpha value is -1.36. The Morgan fingerprint density at radius 2 is 2.42 bits per heavy atom. The van der Waals surface area contributed by atoms with Gasteiger partial charge in [0.2, 0.25) is 0 Å². The molecule has 1 aliphatic heterocycles. The van der Waals surface area contributed by atoms with Gasteiger partial charge in [0.25, 0.3) is 0 Å². The third-order valence-electron chi connectivity index (χ3n) is 3.11. The van der Waals surface area contributed by atoms with E-state index in [9.17, 15) is 4.79 Å². The predicted octanol–water partition coefficient (Wildman–Crippen LogP) is 2.75. The molecule has 19 heavy (non-hydrogen) atoms. The first kappa shape index (κ1) is 14.1. The number of benzene rings is 1. The molecule has 0 aliphatic carbocycles. The molecule has 5 heteroatoms. The lowest BCUT2D eigenvalue weighted by Gasteiger charge is -2.14. The molecule has 3 N–H and O–H groups in total. The van der Waals surface area contributed by atoms with Crippen molar-refractivity contribution in [3.63, 3.8) is 0 Å². The number of carbonyl (C=O) groups excluding carboxylic acids is 1. The summed E-state index contributed by atoms with van der Waals surface area (Å²) < 4.78 is 4.99. The minimum absolute atomic E-state index is 0.305. The highest BCUT2D eigenvalue weighted by molar-refractivity contribution is 8.00. The van der Waals surface area contributed by atoms with Crippen LogP contribution in [0.2, 0.25) is 0 Å². The van der Waals surface area contributed by atoms with Crippen LogP contribution in [0.1, 0.15) is 30.1 Å². The molecule has 0 amide bonds. The average Bonchev–Trinajstić information content (AvgIpc) is 2.91. The average molecular weight is 280 g/mol. The van der Waals surface area contributed by atoms with E-state index in [0.29, 0.717) is 23.1 Å². The van der Waals surface area contributed by atoms with Crippen molar-refractivity contribution in [3.8, 4) is 0 Å². The van der Waals surface area contributed by atoms with E-state index in [1.54, 1.807) is 25.1 Å². The highest BCUT2D eigenvalue weighted by atomic mass is 32.2. The van der Waals surface area contributed by atoms with Gasteiger partial charge < -0.3 is 15.8 Å². The van der Waals surface area contributed by atoms with Crippen molar-refractivity contribution in [1.29, 1.82) is 0 Å². The largest absolute Gasteiger partial charge is 0.462 e. The maximum absolute atomic E-state index is 11.7. The number of hydrogen-bond donors (Lipinski definition) is 2. The zero-order valence-electron chi connectivity index (χ0n) is 11.1. The van der Waals surface area contributed by atoms with Gasteiger partial charge in [-0.15, -0.1) is 0 Å². The minimum atomic E-state index is -0.305. The van der Waals surface area contributed by atoms with Gasteiger partial charge in [-0.3, -0.25) is 0 Å². The maximum Gasteiger partial charge on any atom is 0.338 e. The van der Waals surface area contributed by atoms with E-state index in [1.807, 2.05) is 11.8 Å². The van der Waals surface area contributed by atoms with Crippen molar-refractivity contribution in [2.75, 3.05) is 30.0 Å². The number of nitrogens with one attached hydrogen (secondary N) is 1. The number of esters is 1. The molecule has 0 bridgehead atoms. The number of nitrogen functional groups attached to an aromatic ring is 1. The van der Waals surface area contributed by atoms with Crippen LogP contribution in [0.25, 0.3) is 0 Å². The number of ether oxygens (including phenoxy) is 1. The number of hydrogen-bond acceptors (Lipinski definition) is 5. The molecule has 1 aliphatic rings. The van der Waals surface area contributed by atoms with Crippen LogP contribution < -0.4 is 11.1 Å². The van der Waals surface area contributed by atoms with Gasteiger partial charge in [0, 0.05) is 11.8 Å². The van der Waals surface area contributed by atoms with Crippen LogP contribution in [0.3, 0.4) is 0 Å². The summed E-state index contributed by atoms with van der Waals surface area (Å²) in [6.45, 7) is 3.07. The third-order valence-corrected chi connectivity index (χ3v) is 4.51. The van der Waals surface area contributed by atoms with Gasteiger partial charge in [-0.1, -0.05) is 0 Å². The Morgan fingerprint density at radius 1 is 1.58 bits per heavy atom. The topological polar surface area (TPSA) is 64.3 Å². The second-order valence-electron chi connectivity index (χ2n) is 4.54. The van der Waals surface area contributed by atoms with Crippen LogP contribution in [-0.2, 0) is 4.74 Å². The lowest BCUT2D eigenvalue weighted by atomic mass is 10.1. The van der Waals surface area contributed by atoms with Gasteiger partial charge in [-0.05, 0) is 43.7 Å². The fourth-order valence-corrected chi connectivity index (χ4v) is 3.28. The van der Waals surface area contributed by atoms with E-state index in [1.165, 1.54) is 18.6 Å². The molecule has 0 aromatic heterocycles. The number of rotatable bonds is 5. The molecule has 1 unspecified atom stereocenters. The summed E-state index contributed by atoms with van der Waals surface area (Å²) in [5.41, 5.74) is 7.95. The quantitative estimate of drug-likeness (QED) is 0.641.